The predicted molar refractivity (Wildman–Crippen MR) is 79.3 cm³/mol. The smallest absolute Gasteiger partial charge is 0.131 e. The fraction of sp³-hybridized carbons (Fsp3) is 0.250. The first-order valence-electron chi connectivity index (χ1n) is 6.19. The summed E-state index contributed by atoms with van der Waals surface area (Å²) in [5, 5.41) is 0. The van der Waals surface area contributed by atoms with Gasteiger partial charge in [0.05, 0.1) is 0 Å². The highest BCUT2D eigenvalue weighted by molar-refractivity contribution is 9.10. The zero-order chi connectivity index (χ0) is 14.9. The lowest BCUT2D eigenvalue weighted by Crippen LogP contribution is -2.11. The second-order valence-electron chi connectivity index (χ2n) is 5.63. The highest BCUT2D eigenvalue weighted by atomic mass is 79.9. The van der Waals surface area contributed by atoms with Crippen LogP contribution in [0.1, 0.15) is 26.3 Å². The maximum absolute atomic E-state index is 13.7. The summed E-state index contributed by atoms with van der Waals surface area (Å²) in [7, 11) is 0. The molecule has 0 atom stereocenters. The molecule has 2 aromatic carbocycles. The van der Waals surface area contributed by atoms with Crippen molar-refractivity contribution in [2.24, 2.45) is 0 Å². The van der Waals surface area contributed by atoms with Gasteiger partial charge in [-0.1, -0.05) is 36.7 Å². The molecule has 0 fully saturated rings. The molecule has 4 heteroatoms. The number of rotatable bonds is 2. The molecule has 0 aromatic heterocycles. The molecule has 1 nitrogen and oxygen atoms in total. The van der Waals surface area contributed by atoms with Crippen LogP contribution in [0.3, 0.4) is 0 Å². The molecule has 0 saturated heterocycles. The van der Waals surface area contributed by atoms with Gasteiger partial charge >= 0.3 is 0 Å². The SMILES string of the molecule is CC(C)(C)c1cc(F)cc(Oc2cc(F)cc(Br)c2)c1. The van der Waals surface area contributed by atoms with Gasteiger partial charge in [-0.05, 0) is 35.2 Å². The maximum Gasteiger partial charge on any atom is 0.131 e. The Bertz CT molecular complexity index is 613. The van der Waals surface area contributed by atoms with E-state index in [1.807, 2.05) is 20.8 Å². The average Bonchev–Trinajstić information content (AvgIpc) is 2.25. The molecule has 106 valence electrons. The summed E-state index contributed by atoms with van der Waals surface area (Å²) in [4.78, 5) is 0. The molecule has 0 aliphatic carbocycles. The molecule has 0 spiro atoms. The van der Waals surface area contributed by atoms with Gasteiger partial charge in [0, 0.05) is 16.6 Å². The van der Waals surface area contributed by atoms with E-state index in [2.05, 4.69) is 15.9 Å². The number of benzene rings is 2. The van der Waals surface area contributed by atoms with Crippen molar-refractivity contribution in [2.45, 2.75) is 26.2 Å². The monoisotopic (exact) mass is 340 g/mol. The number of hydrogen-bond donors (Lipinski definition) is 0. The molecule has 0 bridgehead atoms. The maximum atomic E-state index is 13.7. The van der Waals surface area contributed by atoms with Gasteiger partial charge in [0.1, 0.15) is 23.1 Å². The lowest BCUT2D eigenvalue weighted by molar-refractivity contribution is 0.466. The Labute approximate surface area is 125 Å². The van der Waals surface area contributed by atoms with Gasteiger partial charge < -0.3 is 4.74 Å². The van der Waals surface area contributed by atoms with E-state index in [-0.39, 0.29) is 11.2 Å². The van der Waals surface area contributed by atoms with E-state index in [0.717, 1.165) is 5.56 Å². The fourth-order valence-corrected chi connectivity index (χ4v) is 2.22. The Morgan fingerprint density at radius 2 is 1.40 bits per heavy atom. The zero-order valence-corrected chi connectivity index (χ0v) is 13.1. The number of ether oxygens (including phenoxy) is 1. The highest BCUT2D eigenvalue weighted by Crippen LogP contribution is 2.31. The van der Waals surface area contributed by atoms with Crippen LogP contribution in [-0.2, 0) is 5.41 Å². The molecule has 0 amide bonds. The van der Waals surface area contributed by atoms with E-state index in [1.165, 1.54) is 24.3 Å². The fourth-order valence-electron chi connectivity index (χ4n) is 1.78. The van der Waals surface area contributed by atoms with Crippen LogP contribution in [0.25, 0.3) is 0 Å². The van der Waals surface area contributed by atoms with E-state index in [4.69, 9.17) is 4.74 Å². The van der Waals surface area contributed by atoms with Gasteiger partial charge in [-0.3, -0.25) is 0 Å². The first-order valence-corrected chi connectivity index (χ1v) is 6.98. The van der Waals surface area contributed by atoms with Crippen molar-refractivity contribution in [1.29, 1.82) is 0 Å². The van der Waals surface area contributed by atoms with Gasteiger partial charge in [0.2, 0.25) is 0 Å². The molecule has 0 aliphatic rings. The summed E-state index contributed by atoms with van der Waals surface area (Å²) in [6, 6.07) is 8.75. The lowest BCUT2D eigenvalue weighted by atomic mass is 9.87. The Balaban J connectivity index is 2.36. The Morgan fingerprint density at radius 1 is 0.850 bits per heavy atom. The van der Waals surface area contributed by atoms with Crippen molar-refractivity contribution >= 4 is 15.9 Å². The third kappa shape index (κ3) is 3.79. The molecule has 2 aromatic rings. The van der Waals surface area contributed by atoms with Crippen LogP contribution in [0, 0.1) is 11.6 Å². The van der Waals surface area contributed by atoms with Crippen molar-refractivity contribution in [3.8, 4) is 11.5 Å². The largest absolute Gasteiger partial charge is 0.457 e. The summed E-state index contributed by atoms with van der Waals surface area (Å²) in [5.74, 6) is -0.112. The summed E-state index contributed by atoms with van der Waals surface area (Å²) >= 11 is 3.19. The Hall–Kier alpha value is -1.42. The standard InChI is InChI=1S/C16H15BrF2O/c1-16(2,3)10-4-12(18)8-14(5-10)20-15-7-11(17)6-13(19)9-15/h4-9H,1-3H3. The van der Waals surface area contributed by atoms with E-state index < -0.39 is 5.82 Å². The quantitative estimate of drug-likeness (QED) is 0.669. The van der Waals surface area contributed by atoms with Crippen molar-refractivity contribution in [1.82, 2.24) is 0 Å². The van der Waals surface area contributed by atoms with Gasteiger partial charge in [-0.25, -0.2) is 8.78 Å². The van der Waals surface area contributed by atoms with Gasteiger partial charge in [-0.15, -0.1) is 0 Å². The summed E-state index contributed by atoms with van der Waals surface area (Å²) in [6.45, 7) is 5.97. The molecule has 20 heavy (non-hydrogen) atoms. The summed E-state index contributed by atoms with van der Waals surface area (Å²) in [6.07, 6.45) is 0. The van der Waals surface area contributed by atoms with E-state index in [0.29, 0.717) is 16.0 Å². The first-order chi connectivity index (χ1) is 9.24. The molecule has 0 N–H and O–H groups in total. The normalized spacial score (nSPS) is 11.5. The van der Waals surface area contributed by atoms with Crippen LogP contribution < -0.4 is 4.74 Å². The van der Waals surface area contributed by atoms with Crippen LogP contribution in [-0.4, -0.2) is 0 Å². The molecular formula is C16H15BrF2O. The van der Waals surface area contributed by atoms with Crippen molar-refractivity contribution < 1.29 is 13.5 Å². The Morgan fingerprint density at radius 3 is 1.95 bits per heavy atom. The van der Waals surface area contributed by atoms with Crippen LogP contribution in [0.15, 0.2) is 40.9 Å². The molecule has 0 aliphatic heterocycles. The predicted octanol–water partition coefficient (Wildman–Crippen LogP) is 5.82. The second-order valence-corrected chi connectivity index (χ2v) is 6.55. The van der Waals surface area contributed by atoms with Gasteiger partial charge in [0.25, 0.3) is 0 Å². The summed E-state index contributed by atoms with van der Waals surface area (Å²) < 4.78 is 33.1. The minimum atomic E-state index is -0.415. The van der Waals surface area contributed by atoms with E-state index in [9.17, 15) is 8.78 Å². The van der Waals surface area contributed by atoms with Crippen molar-refractivity contribution in [2.75, 3.05) is 0 Å². The minimum absolute atomic E-state index is 0.192. The Kier molecular flexibility index (Phi) is 4.14. The lowest BCUT2D eigenvalue weighted by Gasteiger charge is -2.20. The topological polar surface area (TPSA) is 9.23 Å². The highest BCUT2D eigenvalue weighted by Gasteiger charge is 2.16. The molecular weight excluding hydrogens is 326 g/mol. The molecule has 0 unspecified atom stereocenters. The van der Waals surface area contributed by atoms with Crippen molar-refractivity contribution in [3.05, 3.63) is 58.1 Å². The first kappa shape index (κ1) is 15.0. The van der Waals surface area contributed by atoms with Crippen LogP contribution in [0.2, 0.25) is 0 Å². The van der Waals surface area contributed by atoms with Crippen LogP contribution in [0.4, 0.5) is 8.78 Å². The molecule has 2 rings (SSSR count). The van der Waals surface area contributed by atoms with Gasteiger partial charge in [-0.2, -0.15) is 0 Å². The van der Waals surface area contributed by atoms with Crippen molar-refractivity contribution in [3.63, 3.8) is 0 Å². The number of halogens is 3. The summed E-state index contributed by atoms with van der Waals surface area (Å²) in [5.41, 5.74) is 0.630. The zero-order valence-electron chi connectivity index (χ0n) is 11.5. The van der Waals surface area contributed by atoms with E-state index >= 15 is 0 Å². The average molecular weight is 341 g/mol. The minimum Gasteiger partial charge on any atom is -0.457 e. The molecule has 0 saturated carbocycles. The number of hydrogen-bond acceptors (Lipinski definition) is 1. The second kappa shape index (κ2) is 5.52. The molecule has 0 heterocycles. The third-order valence-corrected chi connectivity index (χ3v) is 3.27. The van der Waals surface area contributed by atoms with Gasteiger partial charge in [0.15, 0.2) is 0 Å². The van der Waals surface area contributed by atoms with Crippen LogP contribution >= 0.6 is 15.9 Å². The third-order valence-electron chi connectivity index (χ3n) is 2.81. The molecule has 0 radical (unpaired) electrons. The van der Waals surface area contributed by atoms with E-state index in [1.54, 1.807) is 12.1 Å². The van der Waals surface area contributed by atoms with Crippen LogP contribution in [0.5, 0.6) is 11.5 Å².